The van der Waals surface area contributed by atoms with Crippen molar-refractivity contribution in [1.29, 1.82) is 0 Å². The largest absolute Gasteiger partial charge is 0.462 e. The molecule has 2 aromatic rings. The van der Waals surface area contributed by atoms with Crippen LogP contribution in [0.25, 0.3) is 0 Å². The number of nitrogens with two attached hydrogens (primary N) is 1. The van der Waals surface area contributed by atoms with E-state index >= 15 is 0 Å². The molecular weight excluding hydrogens is 386 g/mol. The molecule has 0 unspecified atom stereocenters. The number of aromatic nitrogens is 3. The number of thiophene rings is 1. The van der Waals surface area contributed by atoms with E-state index in [-0.39, 0.29) is 24.2 Å². The highest BCUT2D eigenvalue weighted by Crippen LogP contribution is 2.35. The molecule has 4 N–H and O–H groups in total. The minimum absolute atomic E-state index is 0.108. The van der Waals surface area contributed by atoms with Gasteiger partial charge < -0.3 is 15.8 Å². The number of carbonyl (C=O) groups excluding carboxylic acids is 2. The van der Waals surface area contributed by atoms with Crippen molar-refractivity contribution in [2.75, 3.05) is 23.4 Å². The zero-order valence-electron chi connectivity index (χ0n) is 15.9. The lowest BCUT2D eigenvalue weighted by molar-refractivity contribution is -0.113. The van der Waals surface area contributed by atoms with Gasteiger partial charge in [0.15, 0.2) is 0 Å². The molecule has 0 saturated heterocycles. The van der Waals surface area contributed by atoms with E-state index in [0.29, 0.717) is 21.6 Å². The monoisotopic (exact) mass is 411 g/mol. The smallest absolute Gasteiger partial charge is 0.341 e. The van der Waals surface area contributed by atoms with E-state index in [0.717, 1.165) is 35.0 Å². The standard InChI is InChI=1S/C17H25N5O3S2/c1-5-9(3)7-11-10(4)27-14(13(11)15(24)25-6-2)19-12(23)8-26-17-20-16(18)21-22-17/h9H,5-8H2,1-4H3,(H,19,23)(H3,18,20,21,22)/t9-/m1/s1. The van der Waals surface area contributed by atoms with Crippen molar-refractivity contribution in [3.05, 3.63) is 16.0 Å². The highest BCUT2D eigenvalue weighted by molar-refractivity contribution is 7.99. The van der Waals surface area contributed by atoms with Gasteiger partial charge >= 0.3 is 5.97 Å². The van der Waals surface area contributed by atoms with Crippen molar-refractivity contribution >= 4 is 45.9 Å². The van der Waals surface area contributed by atoms with Crippen molar-refractivity contribution < 1.29 is 14.3 Å². The van der Waals surface area contributed by atoms with Crippen LogP contribution in [0.4, 0.5) is 10.9 Å². The van der Waals surface area contributed by atoms with Crippen molar-refractivity contribution in [3.8, 4) is 0 Å². The Balaban J connectivity index is 2.17. The Morgan fingerprint density at radius 3 is 2.74 bits per heavy atom. The molecule has 148 valence electrons. The summed E-state index contributed by atoms with van der Waals surface area (Å²) in [5.41, 5.74) is 6.90. The Labute approximate surface area is 166 Å². The number of amides is 1. The van der Waals surface area contributed by atoms with Gasteiger partial charge in [0.25, 0.3) is 0 Å². The summed E-state index contributed by atoms with van der Waals surface area (Å²) in [7, 11) is 0. The molecule has 2 heterocycles. The van der Waals surface area contributed by atoms with E-state index in [1.54, 1.807) is 6.92 Å². The number of esters is 1. The number of aromatic amines is 1. The summed E-state index contributed by atoms with van der Waals surface area (Å²) in [5, 5.41) is 10.2. The van der Waals surface area contributed by atoms with Crippen molar-refractivity contribution in [2.45, 2.75) is 45.7 Å². The van der Waals surface area contributed by atoms with Crippen LogP contribution in [-0.4, -0.2) is 39.4 Å². The highest BCUT2D eigenvalue weighted by atomic mass is 32.2. The average molecular weight is 412 g/mol. The predicted molar refractivity (Wildman–Crippen MR) is 108 cm³/mol. The van der Waals surface area contributed by atoms with Crippen molar-refractivity contribution in [1.82, 2.24) is 15.2 Å². The van der Waals surface area contributed by atoms with Crippen LogP contribution in [0.2, 0.25) is 0 Å². The quantitative estimate of drug-likeness (QED) is 0.427. The fraction of sp³-hybridized carbons (Fsp3) is 0.529. The third-order valence-corrected chi connectivity index (χ3v) is 5.92. The molecule has 27 heavy (non-hydrogen) atoms. The normalized spacial score (nSPS) is 12.0. The fourth-order valence-corrected chi connectivity index (χ4v) is 4.13. The maximum atomic E-state index is 12.5. The fourth-order valence-electron chi connectivity index (χ4n) is 2.44. The molecule has 0 aliphatic carbocycles. The molecule has 0 fully saturated rings. The van der Waals surface area contributed by atoms with Crippen molar-refractivity contribution in [2.24, 2.45) is 5.92 Å². The van der Waals surface area contributed by atoms with E-state index in [1.165, 1.54) is 11.3 Å². The zero-order chi connectivity index (χ0) is 20.0. The number of H-pyrrole nitrogens is 1. The number of anilines is 2. The molecule has 0 bridgehead atoms. The number of rotatable bonds is 9. The first kappa shape index (κ1) is 21.2. The zero-order valence-corrected chi connectivity index (χ0v) is 17.6. The van der Waals surface area contributed by atoms with Crippen molar-refractivity contribution in [3.63, 3.8) is 0 Å². The highest BCUT2D eigenvalue weighted by Gasteiger charge is 2.25. The first-order valence-corrected chi connectivity index (χ1v) is 10.6. The van der Waals surface area contributed by atoms with Gasteiger partial charge in [-0.1, -0.05) is 32.0 Å². The van der Waals surface area contributed by atoms with Gasteiger partial charge in [0.2, 0.25) is 17.0 Å². The molecule has 10 heteroatoms. The lowest BCUT2D eigenvalue weighted by atomic mass is 9.96. The summed E-state index contributed by atoms with van der Waals surface area (Å²) in [5.74, 6) is 0.0972. The van der Waals surface area contributed by atoms with Crippen LogP contribution in [0.15, 0.2) is 5.16 Å². The van der Waals surface area contributed by atoms with Crippen LogP contribution in [0.3, 0.4) is 0 Å². The lowest BCUT2D eigenvalue weighted by Gasteiger charge is -2.11. The second-order valence-electron chi connectivity index (χ2n) is 6.12. The van der Waals surface area contributed by atoms with E-state index < -0.39 is 5.97 Å². The Kier molecular flexibility index (Phi) is 7.66. The summed E-state index contributed by atoms with van der Waals surface area (Å²) in [6.45, 7) is 8.27. The second kappa shape index (κ2) is 9.75. The Morgan fingerprint density at radius 1 is 1.41 bits per heavy atom. The lowest BCUT2D eigenvalue weighted by Crippen LogP contribution is -2.17. The Bertz CT molecular complexity index is 803. The molecule has 8 nitrogen and oxygen atoms in total. The molecular formula is C17H25N5O3S2. The van der Waals surface area contributed by atoms with E-state index in [2.05, 4.69) is 34.3 Å². The topological polar surface area (TPSA) is 123 Å². The van der Waals surface area contributed by atoms with Gasteiger partial charge in [-0.25, -0.2) is 9.89 Å². The van der Waals surface area contributed by atoms with Crippen LogP contribution < -0.4 is 11.1 Å². The third kappa shape index (κ3) is 5.70. The molecule has 0 radical (unpaired) electrons. The third-order valence-electron chi connectivity index (χ3n) is 4.01. The van der Waals surface area contributed by atoms with Crippen LogP contribution in [-0.2, 0) is 16.0 Å². The minimum atomic E-state index is -0.398. The minimum Gasteiger partial charge on any atom is -0.462 e. The number of aryl methyl sites for hydroxylation is 1. The van der Waals surface area contributed by atoms with E-state index in [1.807, 2.05) is 6.92 Å². The Morgan fingerprint density at radius 2 is 2.15 bits per heavy atom. The summed E-state index contributed by atoms with van der Waals surface area (Å²) >= 11 is 2.56. The number of nitrogens with zero attached hydrogens (tertiary/aromatic N) is 2. The second-order valence-corrected chi connectivity index (χ2v) is 8.29. The summed E-state index contributed by atoms with van der Waals surface area (Å²) in [4.78, 5) is 29.8. The molecule has 0 saturated carbocycles. The number of thioether (sulfide) groups is 1. The molecule has 0 aliphatic rings. The van der Waals surface area contributed by atoms with Gasteiger partial charge in [0.1, 0.15) is 5.00 Å². The van der Waals surface area contributed by atoms with Gasteiger partial charge in [-0.05, 0) is 31.7 Å². The van der Waals surface area contributed by atoms with Crippen LogP contribution in [0.5, 0.6) is 0 Å². The molecule has 0 aromatic carbocycles. The predicted octanol–water partition coefficient (Wildman–Crippen LogP) is 3.25. The van der Waals surface area contributed by atoms with Gasteiger partial charge in [-0.3, -0.25) is 4.79 Å². The SMILES string of the molecule is CCOC(=O)c1c(NC(=O)CSc2n[nH]c(N)n2)sc(C)c1C[C@H](C)CC. The van der Waals surface area contributed by atoms with Crippen LogP contribution in [0.1, 0.15) is 48.0 Å². The number of nitrogens with one attached hydrogen (secondary N) is 2. The van der Waals surface area contributed by atoms with E-state index in [9.17, 15) is 9.59 Å². The summed E-state index contributed by atoms with van der Waals surface area (Å²) in [6, 6.07) is 0. The van der Waals surface area contributed by atoms with E-state index in [4.69, 9.17) is 10.5 Å². The maximum Gasteiger partial charge on any atom is 0.341 e. The van der Waals surface area contributed by atoms with Gasteiger partial charge in [-0.2, -0.15) is 4.98 Å². The molecule has 1 amide bonds. The molecule has 2 rings (SSSR count). The number of carbonyl (C=O) groups is 2. The van der Waals surface area contributed by atoms with Crippen LogP contribution in [0, 0.1) is 12.8 Å². The summed E-state index contributed by atoms with van der Waals surface area (Å²) in [6.07, 6.45) is 1.78. The van der Waals surface area contributed by atoms with Gasteiger partial charge in [-0.15, -0.1) is 16.4 Å². The van der Waals surface area contributed by atoms with Crippen LogP contribution >= 0.6 is 23.1 Å². The maximum absolute atomic E-state index is 12.5. The molecule has 1 atom stereocenters. The molecule has 2 aromatic heterocycles. The Hall–Kier alpha value is -2.07. The van der Waals surface area contributed by atoms with Gasteiger partial charge in [0, 0.05) is 4.88 Å². The number of hydrogen-bond donors (Lipinski definition) is 3. The first-order chi connectivity index (χ1) is 12.8. The number of ether oxygens (including phenoxy) is 1. The molecule has 0 aliphatic heterocycles. The summed E-state index contributed by atoms with van der Waals surface area (Å²) < 4.78 is 5.22. The average Bonchev–Trinajstić information content (AvgIpc) is 3.16. The number of nitrogen functional groups attached to an aromatic ring is 1. The molecule has 0 spiro atoms. The van der Waals surface area contributed by atoms with Gasteiger partial charge in [0.05, 0.1) is 17.9 Å². The first-order valence-electron chi connectivity index (χ1n) is 8.75. The number of hydrogen-bond acceptors (Lipinski definition) is 8.